The van der Waals surface area contributed by atoms with Crippen molar-refractivity contribution in [2.24, 2.45) is 0 Å². The first-order valence-electron chi connectivity index (χ1n) is 7.69. The summed E-state index contributed by atoms with van der Waals surface area (Å²) in [5.41, 5.74) is 1.30. The van der Waals surface area contributed by atoms with Crippen LogP contribution in [0.1, 0.15) is 28.9 Å². The second-order valence-corrected chi connectivity index (χ2v) is 7.66. The molecule has 0 aliphatic heterocycles. The van der Waals surface area contributed by atoms with Crippen LogP contribution in [0, 0.1) is 20.8 Å². The van der Waals surface area contributed by atoms with E-state index in [9.17, 15) is 21.6 Å². The molecule has 0 aliphatic rings. The van der Waals surface area contributed by atoms with Crippen LogP contribution >= 0.6 is 0 Å². The van der Waals surface area contributed by atoms with Gasteiger partial charge in [0.05, 0.1) is 4.90 Å². The number of aryl methyl sites for hydroxylation is 4. The highest BCUT2D eigenvalue weighted by Gasteiger charge is 2.34. The minimum absolute atomic E-state index is 0.107. The number of hydrogen-bond acceptors (Lipinski definition) is 3. The summed E-state index contributed by atoms with van der Waals surface area (Å²) in [5, 5.41) is 3.51. The number of aromatic nitrogens is 2. The zero-order chi connectivity index (χ0) is 18.8. The van der Waals surface area contributed by atoms with Gasteiger partial charge in [-0.25, -0.2) is 13.1 Å². The lowest BCUT2D eigenvalue weighted by Gasteiger charge is -2.09. The summed E-state index contributed by atoms with van der Waals surface area (Å²) in [4.78, 5) is 0.172. The summed E-state index contributed by atoms with van der Waals surface area (Å²) < 4.78 is 66.0. The Morgan fingerprint density at radius 2 is 1.80 bits per heavy atom. The molecule has 5 nitrogen and oxygen atoms in total. The summed E-state index contributed by atoms with van der Waals surface area (Å²) >= 11 is 0. The summed E-state index contributed by atoms with van der Waals surface area (Å²) in [6.07, 6.45) is -4.16. The molecule has 0 aliphatic carbocycles. The second-order valence-electron chi connectivity index (χ2n) is 5.89. The van der Waals surface area contributed by atoms with Crippen LogP contribution in [0.4, 0.5) is 13.2 Å². The van der Waals surface area contributed by atoms with Crippen LogP contribution in [0.15, 0.2) is 29.2 Å². The molecule has 138 valence electrons. The predicted octanol–water partition coefficient (Wildman–Crippen LogP) is 3.20. The van der Waals surface area contributed by atoms with Gasteiger partial charge in [-0.05, 0) is 56.5 Å². The maximum atomic E-state index is 12.6. The fraction of sp³-hybridized carbons (Fsp3) is 0.438. The molecular weight excluding hydrogens is 355 g/mol. The van der Waals surface area contributed by atoms with Gasteiger partial charge in [-0.3, -0.25) is 4.68 Å². The van der Waals surface area contributed by atoms with E-state index in [1.807, 2.05) is 13.8 Å². The molecule has 0 unspecified atom stereocenters. The molecule has 0 radical (unpaired) electrons. The average molecular weight is 375 g/mol. The van der Waals surface area contributed by atoms with Gasteiger partial charge in [0.15, 0.2) is 5.69 Å². The van der Waals surface area contributed by atoms with Gasteiger partial charge in [0.25, 0.3) is 0 Å². The van der Waals surface area contributed by atoms with Gasteiger partial charge >= 0.3 is 6.18 Å². The lowest BCUT2D eigenvalue weighted by molar-refractivity contribution is -0.141. The van der Waals surface area contributed by atoms with Crippen LogP contribution < -0.4 is 4.72 Å². The normalized spacial score (nSPS) is 12.6. The van der Waals surface area contributed by atoms with E-state index in [-0.39, 0.29) is 18.0 Å². The van der Waals surface area contributed by atoms with E-state index in [0.29, 0.717) is 12.1 Å². The van der Waals surface area contributed by atoms with Crippen LogP contribution in [0.2, 0.25) is 0 Å². The number of hydrogen-bond donors (Lipinski definition) is 1. The molecule has 0 saturated carbocycles. The Labute approximate surface area is 144 Å². The predicted molar refractivity (Wildman–Crippen MR) is 87.7 cm³/mol. The van der Waals surface area contributed by atoms with E-state index in [0.717, 1.165) is 17.2 Å². The number of benzene rings is 1. The van der Waals surface area contributed by atoms with E-state index < -0.39 is 21.9 Å². The molecule has 0 spiro atoms. The van der Waals surface area contributed by atoms with E-state index in [2.05, 4.69) is 9.82 Å². The minimum Gasteiger partial charge on any atom is -0.269 e. The van der Waals surface area contributed by atoms with Crippen molar-refractivity contribution < 1.29 is 21.6 Å². The highest BCUT2D eigenvalue weighted by atomic mass is 32.2. The number of halogens is 3. The van der Waals surface area contributed by atoms with E-state index in [1.54, 1.807) is 12.1 Å². The second kappa shape index (κ2) is 7.17. The van der Waals surface area contributed by atoms with Crippen LogP contribution in [-0.2, 0) is 22.7 Å². The number of nitrogens with one attached hydrogen (secondary N) is 1. The van der Waals surface area contributed by atoms with E-state index >= 15 is 0 Å². The topological polar surface area (TPSA) is 64.0 Å². The van der Waals surface area contributed by atoms with Crippen LogP contribution in [0.25, 0.3) is 0 Å². The van der Waals surface area contributed by atoms with Crippen LogP contribution in [0.5, 0.6) is 0 Å². The first kappa shape index (κ1) is 19.5. The standard InChI is InChI=1S/C16H20F3N3O2S/c1-11-5-6-14(9-12(11)2)25(23,24)20-7-4-8-22-13(3)10-15(21-22)16(17,18)19/h5-6,9-10,20H,4,7-8H2,1-3H3. The highest BCUT2D eigenvalue weighted by molar-refractivity contribution is 7.89. The Morgan fingerprint density at radius 1 is 1.12 bits per heavy atom. The summed E-state index contributed by atoms with van der Waals surface area (Å²) in [5.74, 6) is 0. The summed E-state index contributed by atoms with van der Waals surface area (Å²) in [7, 11) is -3.64. The Hall–Kier alpha value is -1.87. The van der Waals surface area contributed by atoms with Gasteiger partial charge < -0.3 is 0 Å². The third-order valence-corrected chi connectivity index (χ3v) is 5.36. The van der Waals surface area contributed by atoms with Crippen molar-refractivity contribution in [3.05, 3.63) is 46.8 Å². The molecule has 9 heteroatoms. The largest absolute Gasteiger partial charge is 0.435 e. The molecule has 2 aromatic rings. The van der Waals surface area contributed by atoms with Gasteiger partial charge in [0.2, 0.25) is 10.0 Å². The number of nitrogens with zero attached hydrogens (tertiary/aromatic N) is 2. The maximum absolute atomic E-state index is 12.6. The molecule has 25 heavy (non-hydrogen) atoms. The summed E-state index contributed by atoms with van der Waals surface area (Å²) in [6.45, 7) is 5.54. The van der Waals surface area contributed by atoms with Gasteiger partial charge in [-0.15, -0.1) is 0 Å². The Balaban J connectivity index is 1.94. The van der Waals surface area contributed by atoms with E-state index in [1.165, 1.54) is 17.7 Å². The lowest BCUT2D eigenvalue weighted by atomic mass is 10.1. The third-order valence-electron chi connectivity index (χ3n) is 3.90. The first-order chi connectivity index (χ1) is 11.5. The monoisotopic (exact) mass is 375 g/mol. The molecule has 0 amide bonds. The van der Waals surface area contributed by atoms with Crippen molar-refractivity contribution in [1.29, 1.82) is 0 Å². The molecule has 2 rings (SSSR count). The SMILES string of the molecule is Cc1ccc(S(=O)(=O)NCCCn2nc(C(F)(F)F)cc2C)cc1C. The number of alkyl halides is 3. The zero-order valence-electron chi connectivity index (χ0n) is 14.2. The van der Waals surface area contributed by atoms with Crippen molar-refractivity contribution >= 4 is 10.0 Å². The Bertz CT molecular complexity index is 858. The maximum Gasteiger partial charge on any atom is 0.435 e. The molecule has 0 fully saturated rings. The first-order valence-corrected chi connectivity index (χ1v) is 9.17. The van der Waals surface area contributed by atoms with Crippen molar-refractivity contribution in [2.45, 2.75) is 44.8 Å². The molecule has 0 atom stereocenters. The molecule has 1 N–H and O–H groups in total. The number of sulfonamides is 1. The number of rotatable bonds is 6. The van der Waals surface area contributed by atoms with Crippen molar-refractivity contribution in [3.63, 3.8) is 0 Å². The van der Waals surface area contributed by atoms with Crippen molar-refractivity contribution in [2.75, 3.05) is 6.54 Å². The Kier molecular flexibility index (Phi) is 5.58. The molecule has 0 bridgehead atoms. The Morgan fingerprint density at radius 3 is 2.36 bits per heavy atom. The van der Waals surface area contributed by atoms with Gasteiger partial charge in [0, 0.05) is 18.8 Å². The minimum atomic E-state index is -4.49. The van der Waals surface area contributed by atoms with Gasteiger partial charge in [-0.1, -0.05) is 6.07 Å². The molecular formula is C16H20F3N3O2S. The van der Waals surface area contributed by atoms with Crippen LogP contribution in [0.3, 0.4) is 0 Å². The molecule has 1 aromatic heterocycles. The fourth-order valence-corrected chi connectivity index (χ4v) is 3.43. The van der Waals surface area contributed by atoms with Crippen molar-refractivity contribution in [3.8, 4) is 0 Å². The average Bonchev–Trinajstić information content (AvgIpc) is 2.88. The smallest absolute Gasteiger partial charge is 0.269 e. The van der Waals surface area contributed by atoms with E-state index in [4.69, 9.17) is 0 Å². The van der Waals surface area contributed by atoms with Crippen LogP contribution in [-0.4, -0.2) is 24.7 Å². The van der Waals surface area contributed by atoms with Gasteiger partial charge in [0.1, 0.15) is 0 Å². The lowest BCUT2D eigenvalue weighted by Crippen LogP contribution is -2.26. The molecule has 1 heterocycles. The zero-order valence-corrected chi connectivity index (χ0v) is 15.0. The highest BCUT2D eigenvalue weighted by Crippen LogP contribution is 2.28. The quantitative estimate of drug-likeness (QED) is 0.789. The fourth-order valence-electron chi connectivity index (χ4n) is 2.27. The molecule has 0 saturated heterocycles. The summed E-state index contributed by atoms with van der Waals surface area (Å²) in [6, 6.07) is 5.82. The third kappa shape index (κ3) is 4.82. The molecule has 1 aromatic carbocycles. The van der Waals surface area contributed by atoms with Crippen molar-refractivity contribution in [1.82, 2.24) is 14.5 Å². The van der Waals surface area contributed by atoms with Gasteiger partial charge in [-0.2, -0.15) is 18.3 Å².